The minimum atomic E-state index is -0.229. The van der Waals surface area contributed by atoms with Crippen LogP contribution in [0.4, 0.5) is 17.3 Å². The quantitative estimate of drug-likeness (QED) is 0.311. The summed E-state index contributed by atoms with van der Waals surface area (Å²) in [5.41, 5.74) is 3.53. The van der Waals surface area contributed by atoms with Crippen LogP contribution >= 0.6 is 11.6 Å². The van der Waals surface area contributed by atoms with Gasteiger partial charge < -0.3 is 25.3 Å². The summed E-state index contributed by atoms with van der Waals surface area (Å²) in [5, 5.41) is 11.9. The molecule has 0 radical (unpaired) electrons. The molecule has 0 saturated carbocycles. The fraction of sp³-hybridized carbons (Fsp3) is 0.385. The number of nitrogens with zero attached hydrogens (tertiary/aromatic N) is 6. The van der Waals surface area contributed by atoms with Gasteiger partial charge in [0, 0.05) is 50.4 Å². The van der Waals surface area contributed by atoms with Crippen molar-refractivity contribution in [1.82, 2.24) is 34.5 Å². The number of halogens is 1. The van der Waals surface area contributed by atoms with Gasteiger partial charge in [0.1, 0.15) is 5.69 Å². The first kappa shape index (κ1) is 26.0. The van der Waals surface area contributed by atoms with Crippen LogP contribution in [-0.4, -0.2) is 86.3 Å². The molecular formula is C26H32ClN9O2. The van der Waals surface area contributed by atoms with E-state index in [1.807, 2.05) is 45.3 Å². The zero-order valence-electron chi connectivity index (χ0n) is 22.0. The summed E-state index contributed by atoms with van der Waals surface area (Å²) in [6.07, 6.45) is 5.20. The van der Waals surface area contributed by atoms with Gasteiger partial charge >= 0.3 is 0 Å². The first-order valence-corrected chi connectivity index (χ1v) is 13.0. The number of benzene rings is 1. The zero-order chi connectivity index (χ0) is 26.8. The second-order valence-electron chi connectivity index (χ2n) is 9.40. The van der Waals surface area contributed by atoms with E-state index >= 15 is 0 Å². The molecule has 1 atom stereocenters. The van der Waals surface area contributed by atoms with E-state index < -0.39 is 0 Å². The Bertz CT molecular complexity index is 1440. The van der Waals surface area contributed by atoms with E-state index in [9.17, 15) is 4.79 Å². The van der Waals surface area contributed by atoms with Crippen molar-refractivity contribution < 1.29 is 9.53 Å². The van der Waals surface area contributed by atoms with Crippen LogP contribution in [0.25, 0.3) is 22.2 Å². The van der Waals surface area contributed by atoms with E-state index in [-0.39, 0.29) is 11.9 Å². The summed E-state index contributed by atoms with van der Waals surface area (Å²) in [5.74, 6) is 0.790. The lowest BCUT2D eigenvalue weighted by atomic mass is 10.1. The predicted octanol–water partition coefficient (Wildman–Crippen LogP) is 3.73. The minimum absolute atomic E-state index is 0.0358. The van der Waals surface area contributed by atoms with Crippen LogP contribution in [0.2, 0.25) is 5.02 Å². The van der Waals surface area contributed by atoms with Gasteiger partial charge in [-0.3, -0.25) is 14.4 Å². The number of aryl methyl sites for hydroxylation is 1. The lowest BCUT2D eigenvalue weighted by molar-refractivity contribution is -0.121. The van der Waals surface area contributed by atoms with Crippen molar-refractivity contribution in [2.45, 2.75) is 19.9 Å². The summed E-state index contributed by atoms with van der Waals surface area (Å²) < 4.78 is 7.26. The van der Waals surface area contributed by atoms with Crippen molar-refractivity contribution in [3.63, 3.8) is 0 Å². The molecule has 1 aromatic carbocycles. The average molecular weight is 538 g/mol. The summed E-state index contributed by atoms with van der Waals surface area (Å²) >= 11 is 6.55. The van der Waals surface area contributed by atoms with E-state index in [0.29, 0.717) is 40.5 Å². The number of piperazine rings is 1. The van der Waals surface area contributed by atoms with Crippen molar-refractivity contribution in [3.05, 3.63) is 41.8 Å². The monoisotopic (exact) mass is 537 g/mol. The van der Waals surface area contributed by atoms with Crippen molar-refractivity contribution in [2.75, 3.05) is 50.5 Å². The van der Waals surface area contributed by atoms with E-state index in [0.717, 1.165) is 42.6 Å². The highest BCUT2D eigenvalue weighted by Crippen LogP contribution is 2.36. The topological polar surface area (TPSA) is 116 Å². The van der Waals surface area contributed by atoms with Gasteiger partial charge in [-0.15, -0.1) is 5.10 Å². The molecule has 0 spiro atoms. The van der Waals surface area contributed by atoms with Crippen molar-refractivity contribution in [3.8, 4) is 17.1 Å². The summed E-state index contributed by atoms with van der Waals surface area (Å²) in [6.45, 7) is 7.99. The molecule has 1 amide bonds. The van der Waals surface area contributed by atoms with Gasteiger partial charge in [-0.2, -0.15) is 0 Å². The van der Waals surface area contributed by atoms with E-state index in [1.165, 1.54) is 0 Å². The van der Waals surface area contributed by atoms with Gasteiger partial charge in [0.15, 0.2) is 0 Å². The Kier molecular flexibility index (Phi) is 7.50. The molecule has 5 rings (SSSR count). The summed E-state index contributed by atoms with van der Waals surface area (Å²) in [6, 6.07) is 5.55. The number of aromatic nitrogens is 5. The molecule has 38 heavy (non-hydrogen) atoms. The van der Waals surface area contributed by atoms with Crippen molar-refractivity contribution in [1.29, 1.82) is 0 Å². The number of hydrogen-bond acceptors (Lipinski definition) is 8. The highest BCUT2D eigenvalue weighted by atomic mass is 35.5. The Balaban J connectivity index is 1.40. The SMILES string of the molecule is CCOc1nn(C)cc1Nc1ncc(Cl)c(-c2c[nH]c3c(NC(=O)C(C)N4CCN(C)CC4)cccc23)n1. The number of ether oxygens (including phenoxy) is 1. The number of rotatable bonds is 8. The molecule has 1 aliphatic heterocycles. The van der Waals surface area contributed by atoms with Gasteiger partial charge in [0.25, 0.3) is 5.88 Å². The number of carbonyl (C=O) groups excluding carboxylic acids is 1. The Labute approximate surface area is 226 Å². The van der Waals surface area contributed by atoms with Gasteiger partial charge in [0.2, 0.25) is 11.9 Å². The molecule has 12 heteroatoms. The molecule has 3 N–H and O–H groups in total. The smallest absolute Gasteiger partial charge is 0.256 e. The first-order valence-electron chi connectivity index (χ1n) is 12.6. The summed E-state index contributed by atoms with van der Waals surface area (Å²) in [7, 11) is 3.92. The maximum absolute atomic E-state index is 13.1. The number of carbonyl (C=O) groups is 1. The molecule has 11 nitrogen and oxygen atoms in total. The maximum atomic E-state index is 13.1. The molecule has 4 aromatic rings. The Hall–Kier alpha value is -3.67. The largest absolute Gasteiger partial charge is 0.475 e. The fourth-order valence-corrected chi connectivity index (χ4v) is 4.79. The van der Waals surface area contributed by atoms with Crippen LogP contribution in [0.5, 0.6) is 5.88 Å². The Morgan fingerprint density at radius 1 is 1.21 bits per heavy atom. The third-order valence-electron chi connectivity index (χ3n) is 6.76. The predicted molar refractivity (Wildman–Crippen MR) is 149 cm³/mol. The number of H-pyrrole nitrogens is 1. The fourth-order valence-electron chi connectivity index (χ4n) is 4.60. The number of aromatic amines is 1. The van der Waals surface area contributed by atoms with Crippen LogP contribution < -0.4 is 15.4 Å². The zero-order valence-corrected chi connectivity index (χ0v) is 22.7. The molecule has 1 unspecified atom stereocenters. The lowest BCUT2D eigenvalue weighted by Crippen LogP contribution is -2.51. The molecule has 1 fully saturated rings. The molecule has 0 bridgehead atoms. The van der Waals surface area contributed by atoms with Gasteiger partial charge in [-0.05, 0) is 27.0 Å². The van der Waals surface area contributed by atoms with Crippen LogP contribution in [0.3, 0.4) is 0 Å². The van der Waals surface area contributed by atoms with Crippen LogP contribution in [-0.2, 0) is 11.8 Å². The van der Waals surface area contributed by atoms with Crippen LogP contribution in [0, 0.1) is 0 Å². The number of likely N-dealkylation sites (N-methyl/N-ethyl adjacent to an activating group) is 1. The normalized spacial score (nSPS) is 15.5. The number of hydrogen-bond donors (Lipinski definition) is 3. The lowest BCUT2D eigenvalue weighted by Gasteiger charge is -2.35. The van der Waals surface area contributed by atoms with E-state index in [4.69, 9.17) is 21.3 Å². The molecule has 4 heterocycles. The standard InChI is InChI=1S/C26H32ClN9O2/c1-5-38-25-21(15-35(4)33-25)31-26-29-14-19(27)22(32-26)18-13-28-23-17(18)7-6-8-20(23)30-24(37)16(2)36-11-9-34(3)10-12-36/h6-8,13-16,28H,5,9-12H2,1-4H3,(H,30,37)(H,29,31,32). The van der Waals surface area contributed by atoms with Gasteiger partial charge in [0.05, 0.1) is 47.0 Å². The minimum Gasteiger partial charge on any atom is -0.475 e. The Morgan fingerprint density at radius 3 is 2.76 bits per heavy atom. The molecular weight excluding hydrogens is 506 g/mol. The second-order valence-corrected chi connectivity index (χ2v) is 9.81. The van der Waals surface area contributed by atoms with Crippen LogP contribution in [0.15, 0.2) is 36.8 Å². The second kappa shape index (κ2) is 11.0. The highest BCUT2D eigenvalue weighted by molar-refractivity contribution is 6.33. The van der Waals surface area contributed by atoms with E-state index in [2.05, 4.69) is 42.5 Å². The highest BCUT2D eigenvalue weighted by Gasteiger charge is 2.25. The number of nitrogens with one attached hydrogen (secondary N) is 3. The molecule has 0 aliphatic carbocycles. The molecule has 200 valence electrons. The van der Waals surface area contributed by atoms with E-state index in [1.54, 1.807) is 17.1 Å². The summed E-state index contributed by atoms with van der Waals surface area (Å²) in [4.78, 5) is 29.9. The van der Waals surface area contributed by atoms with Gasteiger partial charge in [-0.25, -0.2) is 9.97 Å². The van der Waals surface area contributed by atoms with Crippen molar-refractivity contribution >= 4 is 45.7 Å². The average Bonchev–Trinajstić information content (AvgIpc) is 3.49. The Morgan fingerprint density at radius 2 is 2.00 bits per heavy atom. The van der Waals surface area contributed by atoms with Crippen molar-refractivity contribution in [2.24, 2.45) is 7.05 Å². The number of anilines is 3. The third kappa shape index (κ3) is 5.31. The molecule has 1 aliphatic rings. The maximum Gasteiger partial charge on any atom is 0.256 e. The number of para-hydroxylation sites is 1. The number of amides is 1. The van der Waals surface area contributed by atoms with Gasteiger partial charge in [-0.1, -0.05) is 23.7 Å². The molecule has 1 saturated heterocycles. The van der Waals surface area contributed by atoms with Crippen LogP contribution in [0.1, 0.15) is 13.8 Å². The number of fused-ring (bicyclic) bond motifs is 1. The third-order valence-corrected chi connectivity index (χ3v) is 7.04. The molecule has 3 aromatic heterocycles. The first-order chi connectivity index (χ1) is 18.3.